The fourth-order valence-corrected chi connectivity index (χ4v) is 5.73. The van der Waals surface area contributed by atoms with Crippen LogP contribution in [0.5, 0.6) is 0 Å². The molecule has 162 valence electrons. The maximum Gasteiger partial charge on any atom is 0.281 e. The summed E-state index contributed by atoms with van der Waals surface area (Å²) in [6.07, 6.45) is 2.75. The average Bonchev–Trinajstić information content (AvgIpc) is 3.24. The summed E-state index contributed by atoms with van der Waals surface area (Å²) in [5, 5.41) is 19.2. The average molecular weight is 481 g/mol. The second-order valence-corrected chi connectivity index (χ2v) is 10.2. The predicted octanol–water partition coefficient (Wildman–Crippen LogP) is 4.62. The number of hydrogen-bond acceptors (Lipinski definition) is 8. The smallest absolute Gasteiger partial charge is 0.281 e. The largest absolute Gasteiger partial charge is 0.411 e. The first kappa shape index (κ1) is 21.8. The number of piperidine rings is 1. The van der Waals surface area contributed by atoms with Crippen molar-refractivity contribution in [3.05, 3.63) is 57.6 Å². The predicted molar refractivity (Wildman–Crippen MR) is 115 cm³/mol. The van der Waals surface area contributed by atoms with Crippen LogP contribution in [-0.2, 0) is 10.0 Å². The van der Waals surface area contributed by atoms with Crippen molar-refractivity contribution in [3.63, 3.8) is 0 Å². The zero-order valence-electron chi connectivity index (χ0n) is 16.1. The molecule has 0 unspecified atom stereocenters. The molecule has 0 bridgehead atoms. The van der Waals surface area contributed by atoms with Crippen LogP contribution >= 0.6 is 23.4 Å². The van der Waals surface area contributed by atoms with Crippen molar-refractivity contribution >= 4 is 39.1 Å². The fourth-order valence-electron chi connectivity index (χ4n) is 3.19. The van der Waals surface area contributed by atoms with Gasteiger partial charge in [0.25, 0.3) is 10.9 Å². The van der Waals surface area contributed by atoms with Gasteiger partial charge in [-0.05, 0) is 48.9 Å². The molecule has 2 heterocycles. The van der Waals surface area contributed by atoms with E-state index in [1.54, 1.807) is 18.2 Å². The van der Waals surface area contributed by atoms with Crippen LogP contribution in [0.25, 0.3) is 11.5 Å². The molecular formula is C19H17ClN4O5S2. The number of aromatic nitrogens is 2. The molecule has 0 amide bonds. The monoisotopic (exact) mass is 480 g/mol. The molecule has 0 aliphatic carbocycles. The van der Waals surface area contributed by atoms with Crippen molar-refractivity contribution < 1.29 is 17.8 Å². The van der Waals surface area contributed by atoms with Crippen molar-refractivity contribution in [2.75, 3.05) is 13.1 Å². The molecule has 0 spiro atoms. The molecule has 0 atom stereocenters. The van der Waals surface area contributed by atoms with Crippen LogP contribution in [0.4, 0.5) is 5.69 Å². The second-order valence-electron chi connectivity index (χ2n) is 6.84. The number of benzene rings is 2. The number of halogens is 1. The van der Waals surface area contributed by atoms with Gasteiger partial charge in [0.05, 0.1) is 14.8 Å². The third-order valence-electron chi connectivity index (χ3n) is 4.76. The zero-order chi connectivity index (χ0) is 22.0. The van der Waals surface area contributed by atoms with E-state index >= 15 is 0 Å². The minimum absolute atomic E-state index is 0.118. The molecule has 4 rings (SSSR count). The number of non-ortho nitro benzene ring substituents is 1. The molecule has 3 aromatic rings. The van der Waals surface area contributed by atoms with Gasteiger partial charge in [0.1, 0.15) is 0 Å². The molecule has 0 N–H and O–H groups in total. The molecule has 1 aliphatic heterocycles. The molecule has 1 fully saturated rings. The fraction of sp³-hybridized carbons (Fsp3) is 0.263. The summed E-state index contributed by atoms with van der Waals surface area (Å²) in [5.74, 6) is 0.163. The summed E-state index contributed by atoms with van der Waals surface area (Å²) in [4.78, 5) is 11.0. The van der Waals surface area contributed by atoms with Gasteiger partial charge in [0.2, 0.25) is 15.9 Å². The van der Waals surface area contributed by atoms with Gasteiger partial charge in [-0.1, -0.05) is 24.1 Å². The summed E-state index contributed by atoms with van der Waals surface area (Å²) < 4.78 is 33.0. The van der Waals surface area contributed by atoms with Gasteiger partial charge in [-0.15, -0.1) is 10.2 Å². The van der Waals surface area contributed by atoms with E-state index in [2.05, 4.69) is 10.2 Å². The van der Waals surface area contributed by atoms with Crippen molar-refractivity contribution in [2.45, 2.75) is 34.3 Å². The van der Waals surface area contributed by atoms with Crippen molar-refractivity contribution in [1.29, 1.82) is 0 Å². The quantitative estimate of drug-likeness (QED) is 0.370. The zero-order valence-corrected chi connectivity index (χ0v) is 18.5. The minimum Gasteiger partial charge on any atom is -0.411 e. The molecule has 12 heteroatoms. The van der Waals surface area contributed by atoms with Crippen LogP contribution in [0, 0.1) is 10.1 Å². The van der Waals surface area contributed by atoms with Crippen LogP contribution in [0.15, 0.2) is 61.9 Å². The van der Waals surface area contributed by atoms with E-state index in [0.29, 0.717) is 23.5 Å². The number of sulfonamides is 1. The highest BCUT2D eigenvalue weighted by Crippen LogP contribution is 2.36. The number of nitro groups is 1. The topological polar surface area (TPSA) is 119 Å². The third kappa shape index (κ3) is 4.74. The van der Waals surface area contributed by atoms with E-state index in [1.807, 2.05) is 0 Å². The standard InChI is InChI=1S/C19H17ClN4O5S2/c20-16-12-14(24(25)26)7-8-17(16)30-19-22-21-18(29-19)13-5-4-6-15(11-13)31(27,28)23-9-2-1-3-10-23/h4-8,11-12H,1-3,9-10H2. The Labute approximate surface area is 187 Å². The van der Waals surface area contributed by atoms with E-state index in [1.165, 1.54) is 28.6 Å². The highest BCUT2D eigenvalue weighted by Gasteiger charge is 2.26. The Bertz CT molecular complexity index is 1230. The SMILES string of the molecule is O=[N+]([O-])c1ccc(Sc2nnc(-c3cccc(S(=O)(=O)N4CCCCC4)c3)o2)c(Cl)c1. The molecule has 0 saturated carbocycles. The minimum atomic E-state index is -3.59. The Morgan fingerprint density at radius 1 is 1.10 bits per heavy atom. The molecule has 31 heavy (non-hydrogen) atoms. The first-order valence-corrected chi connectivity index (χ1v) is 12.0. The van der Waals surface area contributed by atoms with E-state index in [9.17, 15) is 18.5 Å². The van der Waals surface area contributed by atoms with Gasteiger partial charge in [-0.3, -0.25) is 10.1 Å². The molecular weight excluding hydrogens is 464 g/mol. The van der Waals surface area contributed by atoms with Crippen molar-refractivity contribution in [2.24, 2.45) is 0 Å². The van der Waals surface area contributed by atoms with Crippen LogP contribution < -0.4 is 0 Å². The number of nitro benzene ring substituents is 1. The van der Waals surface area contributed by atoms with E-state index in [-0.39, 0.29) is 26.7 Å². The van der Waals surface area contributed by atoms with E-state index < -0.39 is 14.9 Å². The normalized spacial score (nSPS) is 15.1. The molecule has 2 aromatic carbocycles. The lowest BCUT2D eigenvalue weighted by Crippen LogP contribution is -2.35. The lowest BCUT2D eigenvalue weighted by molar-refractivity contribution is -0.384. The van der Waals surface area contributed by atoms with Crippen molar-refractivity contribution in [1.82, 2.24) is 14.5 Å². The molecule has 1 aromatic heterocycles. The molecule has 0 radical (unpaired) electrons. The van der Waals surface area contributed by atoms with Crippen LogP contribution in [0.3, 0.4) is 0 Å². The Hall–Kier alpha value is -2.47. The van der Waals surface area contributed by atoms with Crippen molar-refractivity contribution in [3.8, 4) is 11.5 Å². The van der Waals surface area contributed by atoms with Crippen LogP contribution in [0.1, 0.15) is 19.3 Å². The first-order chi connectivity index (χ1) is 14.8. The van der Waals surface area contributed by atoms with Gasteiger partial charge in [0, 0.05) is 35.7 Å². The van der Waals surface area contributed by atoms with Gasteiger partial charge in [-0.25, -0.2) is 8.42 Å². The highest BCUT2D eigenvalue weighted by molar-refractivity contribution is 7.99. The highest BCUT2D eigenvalue weighted by atomic mass is 35.5. The van der Waals surface area contributed by atoms with Crippen LogP contribution in [0.2, 0.25) is 5.02 Å². The Morgan fingerprint density at radius 2 is 1.87 bits per heavy atom. The van der Waals surface area contributed by atoms with Gasteiger partial charge in [-0.2, -0.15) is 4.31 Å². The van der Waals surface area contributed by atoms with E-state index in [0.717, 1.165) is 31.0 Å². The summed E-state index contributed by atoms with van der Waals surface area (Å²) >= 11 is 7.17. The molecule has 1 aliphatic rings. The summed E-state index contributed by atoms with van der Waals surface area (Å²) in [5.41, 5.74) is 0.361. The van der Waals surface area contributed by atoms with Crippen LogP contribution in [-0.4, -0.2) is 40.9 Å². The summed E-state index contributed by atoms with van der Waals surface area (Å²) in [6, 6.07) is 10.5. The third-order valence-corrected chi connectivity index (χ3v) is 8.00. The van der Waals surface area contributed by atoms with Gasteiger partial charge >= 0.3 is 0 Å². The lowest BCUT2D eigenvalue weighted by Gasteiger charge is -2.25. The maximum atomic E-state index is 12.9. The Balaban J connectivity index is 1.56. The first-order valence-electron chi connectivity index (χ1n) is 9.40. The number of nitrogens with zero attached hydrogens (tertiary/aromatic N) is 4. The Morgan fingerprint density at radius 3 is 2.58 bits per heavy atom. The lowest BCUT2D eigenvalue weighted by atomic mass is 10.2. The van der Waals surface area contributed by atoms with Gasteiger partial charge in [0.15, 0.2) is 0 Å². The van der Waals surface area contributed by atoms with E-state index in [4.69, 9.17) is 16.0 Å². The Kier molecular flexibility index (Phi) is 6.28. The number of rotatable bonds is 6. The molecule has 1 saturated heterocycles. The molecule has 9 nitrogen and oxygen atoms in total. The maximum absolute atomic E-state index is 12.9. The summed E-state index contributed by atoms with van der Waals surface area (Å²) in [7, 11) is -3.59. The summed E-state index contributed by atoms with van der Waals surface area (Å²) in [6.45, 7) is 1.04. The van der Waals surface area contributed by atoms with Gasteiger partial charge < -0.3 is 4.42 Å². The number of hydrogen-bond donors (Lipinski definition) is 0. The second kappa shape index (κ2) is 8.95.